The van der Waals surface area contributed by atoms with Gasteiger partial charge in [0, 0.05) is 33.6 Å². The SMILES string of the molecule is C#CCO[Si](C(C)C)(C(C)C)C(C)C.[C-]#[O+].[C-]#[O+].[C-]#[O+].[C-]#[O+].[C-]#[O+].[C-]#[O+].[Co].[Co]. The summed E-state index contributed by atoms with van der Waals surface area (Å²) >= 11 is 0. The Hall–Kier alpha value is -0.810. The molecule has 0 atom stereocenters. The molecule has 0 aliphatic carbocycles. The molecule has 0 aromatic heterocycles. The molecule has 0 amide bonds. The van der Waals surface area contributed by atoms with Crippen molar-refractivity contribution in [1.82, 2.24) is 0 Å². The molecule has 0 rings (SSSR count). The maximum absolute atomic E-state index is 7.50. The number of hydrogen-bond acceptors (Lipinski definition) is 1. The quantitative estimate of drug-likeness (QED) is 0.244. The fourth-order valence-corrected chi connectivity index (χ4v) is 8.00. The molecular formula is C18H24Co2O7Si. The molecule has 0 saturated heterocycles. The van der Waals surface area contributed by atoms with Crippen LogP contribution in [0, 0.1) is 52.2 Å². The van der Waals surface area contributed by atoms with Crippen LogP contribution in [-0.2, 0) is 65.9 Å². The summed E-state index contributed by atoms with van der Waals surface area (Å²) in [5.41, 5.74) is 1.86. The molecule has 160 valence electrons. The molecule has 0 spiro atoms. The zero-order chi connectivity index (χ0) is 23.4. The average Bonchev–Trinajstić information content (AvgIpc) is 2.71. The summed E-state index contributed by atoms with van der Waals surface area (Å²) in [7, 11) is -1.69. The minimum absolute atomic E-state index is 0. The Morgan fingerprint density at radius 3 is 0.929 bits per heavy atom. The Kier molecular flexibility index (Phi) is 113. The Morgan fingerprint density at radius 1 is 0.643 bits per heavy atom. The van der Waals surface area contributed by atoms with E-state index in [1.54, 1.807) is 0 Å². The molecule has 0 aromatic rings. The zero-order valence-corrected chi connectivity index (χ0v) is 19.6. The maximum atomic E-state index is 7.50. The first-order valence-corrected chi connectivity index (χ1v) is 8.83. The van der Waals surface area contributed by atoms with E-state index in [1.165, 1.54) is 0 Å². The van der Waals surface area contributed by atoms with Crippen LogP contribution in [0.3, 0.4) is 0 Å². The largest absolute Gasteiger partial charge is 0 e. The first-order chi connectivity index (χ1) is 12.4. The van der Waals surface area contributed by atoms with Crippen LogP contribution >= 0.6 is 0 Å². The van der Waals surface area contributed by atoms with Crippen molar-refractivity contribution in [3.05, 3.63) is 39.9 Å². The summed E-state index contributed by atoms with van der Waals surface area (Å²) in [4.78, 5) is 0. The van der Waals surface area contributed by atoms with Crippen LogP contribution in [0.15, 0.2) is 0 Å². The van der Waals surface area contributed by atoms with Crippen molar-refractivity contribution in [1.29, 1.82) is 0 Å². The number of rotatable bonds is 5. The van der Waals surface area contributed by atoms with E-state index in [0.29, 0.717) is 23.2 Å². The van der Waals surface area contributed by atoms with Crippen LogP contribution < -0.4 is 0 Å². The molecule has 0 N–H and O–H groups in total. The molecular weight excluding hydrogens is 474 g/mol. The third-order valence-corrected chi connectivity index (χ3v) is 9.17. The van der Waals surface area contributed by atoms with E-state index in [2.05, 4.69) is 87.4 Å². The second kappa shape index (κ2) is 56.2. The van der Waals surface area contributed by atoms with Crippen molar-refractivity contribution in [3.8, 4) is 12.3 Å². The summed E-state index contributed by atoms with van der Waals surface area (Å²) in [5, 5.41) is 0. The molecule has 2 radical (unpaired) electrons. The minimum atomic E-state index is -1.69. The number of terminal acetylenes is 1. The first kappa shape index (κ1) is 56.4. The van der Waals surface area contributed by atoms with Gasteiger partial charge in [0.25, 0.3) is 0 Å². The van der Waals surface area contributed by atoms with Crippen LogP contribution in [0.25, 0.3) is 0 Å². The van der Waals surface area contributed by atoms with Gasteiger partial charge in [0.1, 0.15) is 0 Å². The predicted molar refractivity (Wildman–Crippen MR) is 89.4 cm³/mol. The molecule has 0 aliphatic rings. The molecule has 28 heavy (non-hydrogen) atoms. The van der Waals surface area contributed by atoms with Crippen LogP contribution in [0.4, 0.5) is 0 Å². The summed E-state index contributed by atoms with van der Waals surface area (Å²) in [6, 6.07) is 0. The Morgan fingerprint density at radius 2 is 0.821 bits per heavy atom. The summed E-state index contributed by atoms with van der Waals surface area (Å²) < 4.78 is 51.1. The third kappa shape index (κ3) is 29.9. The van der Waals surface area contributed by atoms with E-state index in [9.17, 15) is 0 Å². The second-order valence-corrected chi connectivity index (χ2v) is 10.3. The normalized spacial score (nSPS) is 6.71. The molecule has 0 aromatic carbocycles. The van der Waals surface area contributed by atoms with Gasteiger partial charge in [0.2, 0.25) is 8.32 Å². The summed E-state index contributed by atoms with van der Waals surface area (Å²) in [5.74, 6) is 2.60. The maximum Gasteiger partial charge on any atom is 0 e. The van der Waals surface area contributed by atoms with Gasteiger partial charge in [-0.2, -0.15) is 0 Å². The predicted octanol–water partition coefficient (Wildman–Crippen LogP) is 3.58. The van der Waals surface area contributed by atoms with Crippen molar-refractivity contribution in [2.75, 3.05) is 6.61 Å². The zero-order valence-electron chi connectivity index (χ0n) is 16.5. The second-order valence-electron chi connectivity index (χ2n) is 4.81. The standard InChI is InChI=1S/C12H24OSi.6CO.2Co/c1-8-9-13-14(10(2)3,11(4)5)12(6)7;6*1-2;;/h1,10-12H,9H2,2-7H3;;;;;;;;. The van der Waals surface area contributed by atoms with E-state index in [0.717, 1.165) is 0 Å². The molecule has 0 bridgehead atoms. The van der Waals surface area contributed by atoms with Gasteiger partial charge in [-0.05, 0) is 16.6 Å². The van der Waals surface area contributed by atoms with Gasteiger partial charge in [0.15, 0.2) is 0 Å². The van der Waals surface area contributed by atoms with Gasteiger partial charge in [-0.15, -0.1) is 6.42 Å². The van der Waals surface area contributed by atoms with Gasteiger partial charge in [-0.25, -0.2) is 0 Å². The van der Waals surface area contributed by atoms with Crippen LogP contribution in [0.5, 0.6) is 0 Å². The Balaban J connectivity index is -0.0000000315. The van der Waals surface area contributed by atoms with Crippen molar-refractivity contribution in [3.63, 3.8) is 0 Å². The fourth-order valence-electron chi connectivity index (χ4n) is 2.67. The Labute approximate surface area is 191 Å². The van der Waals surface area contributed by atoms with Crippen LogP contribution in [0.2, 0.25) is 16.6 Å². The molecule has 0 saturated carbocycles. The fraction of sp³-hybridized carbons (Fsp3) is 0.556. The smallest absolute Gasteiger partial charge is 0 e. The van der Waals surface area contributed by atoms with Crippen LogP contribution in [-0.4, -0.2) is 14.9 Å². The monoisotopic (exact) mass is 498 g/mol. The molecule has 0 unspecified atom stereocenters. The molecule has 0 heterocycles. The van der Waals surface area contributed by atoms with Gasteiger partial charge >= 0.3 is 67.8 Å². The van der Waals surface area contributed by atoms with Crippen molar-refractivity contribution in [2.45, 2.75) is 58.2 Å². The summed E-state index contributed by atoms with van der Waals surface area (Å²) in [6.07, 6.45) is 5.28. The molecule has 0 aliphatic heterocycles. The third-order valence-electron chi connectivity index (χ3n) is 3.11. The van der Waals surface area contributed by atoms with Crippen LogP contribution in [0.1, 0.15) is 41.5 Å². The topological polar surface area (TPSA) is 129 Å². The first-order valence-electron chi connectivity index (χ1n) is 6.69. The minimum Gasteiger partial charge on any atom is 0 e. The van der Waals surface area contributed by atoms with E-state index in [1.807, 2.05) is 0 Å². The van der Waals surface area contributed by atoms with Gasteiger partial charge in [-0.3, -0.25) is 0 Å². The summed E-state index contributed by atoms with van der Waals surface area (Å²) in [6.45, 7) is 41.1. The van der Waals surface area contributed by atoms with E-state index in [4.69, 9.17) is 38.8 Å². The number of hydrogen-bond donors (Lipinski definition) is 0. The van der Waals surface area contributed by atoms with E-state index < -0.39 is 8.32 Å². The Bertz CT molecular complexity index is 363. The van der Waals surface area contributed by atoms with Crippen molar-refractivity contribution >= 4 is 8.32 Å². The molecule has 10 heteroatoms. The molecule has 7 nitrogen and oxygen atoms in total. The van der Waals surface area contributed by atoms with Crippen molar-refractivity contribution in [2.24, 2.45) is 0 Å². The molecule has 0 fully saturated rings. The van der Waals surface area contributed by atoms with E-state index in [-0.39, 0.29) is 33.6 Å². The van der Waals surface area contributed by atoms with Gasteiger partial charge in [0.05, 0.1) is 6.61 Å². The van der Waals surface area contributed by atoms with Crippen molar-refractivity contribution < 1.29 is 65.9 Å². The average molecular weight is 498 g/mol. The van der Waals surface area contributed by atoms with Gasteiger partial charge in [-0.1, -0.05) is 47.5 Å². The van der Waals surface area contributed by atoms with Gasteiger partial charge < -0.3 is 4.43 Å². The van der Waals surface area contributed by atoms with E-state index >= 15 is 0 Å².